The van der Waals surface area contributed by atoms with E-state index in [0.29, 0.717) is 47.9 Å². The summed E-state index contributed by atoms with van der Waals surface area (Å²) in [6.07, 6.45) is 0. The summed E-state index contributed by atoms with van der Waals surface area (Å²) in [5.41, 5.74) is 9.93. The summed E-state index contributed by atoms with van der Waals surface area (Å²) >= 11 is 0. The van der Waals surface area contributed by atoms with Gasteiger partial charge in [0, 0.05) is 24.3 Å². The highest BCUT2D eigenvalue weighted by Gasteiger charge is 2.29. The molecule has 2 amide bonds. The SMILES string of the molecule is Cc1noc(C)c1C(=O)N(Cc1ccccc1NC(=O)c1ccc(C(C)(C)C)cc1)CC(C)(C)CN. The summed E-state index contributed by atoms with van der Waals surface area (Å²) in [4.78, 5) is 28.4. The molecule has 7 nitrogen and oxygen atoms in total. The van der Waals surface area contributed by atoms with E-state index >= 15 is 0 Å². The molecule has 1 heterocycles. The van der Waals surface area contributed by atoms with Crippen LogP contribution in [0.3, 0.4) is 0 Å². The Morgan fingerprint density at radius 2 is 1.64 bits per heavy atom. The molecule has 0 aliphatic carbocycles. The van der Waals surface area contributed by atoms with Gasteiger partial charge in [-0.1, -0.05) is 70.1 Å². The summed E-state index contributed by atoms with van der Waals surface area (Å²) < 4.78 is 5.25. The fourth-order valence-corrected chi connectivity index (χ4v) is 4.03. The molecular formula is C29H38N4O3. The number of nitrogens with one attached hydrogen (secondary N) is 1. The molecule has 1 aromatic heterocycles. The number of amides is 2. The van der Waals surface area contributed by atoms with Crippen LogP contribution in [0.5, 0.6) is 0 Å². The molecule has 3 aromatic rings. The third-order valence-electron chi connectivity index (χ3n) is 6.35. The minimum Gasteiger partial charge on any atom is -0.361 e. The molecule has 3 rings (SSSR count). The Labute approximate surface area is 214 Å². The number of nitrogens with two attached hydrogens (primary N) is 1. The molecule has 36 heavy (non-hydrogen) atoms. The monoisotopic (exact) mass is 490 g/mol. The molecule has 7 heteroatoms. The second-order valence-electron chi connectivity index (χ2n) is 11.2. The van der Waals surface area contributed by atoms with E-state index < -0.39 is 0 Å². The van der Waals surface area contributed by atoms with Crippen LogP contribution in [-0.4, -0.2) is 35.0 Å². The number of para-hydroxylation sites is 1. The zero-order valence-corrected chi connectivity index (χ0v) is 22.4. The van der Waals surface area contributed by atoms with E-state index in [9.17, 15) is 9.59 Å². The molecule has 0 aliphatic rings. The van der Waals surface area contributed by atoms with E-state index in [-0.39, 0.29) is 22.6 Å². The van der Waals surface area contributed by atoms with Crippen LogP contribution < -0.4 is 11.1 Å². The average Bonchev–Trinajstić information content (AvgIpc) is 3.16. The first-order chi connectivity index (χ1) is 16.8. The van der Waals surface area contributed by atoms with Gasteiger partial charge < -0.3 is 20.5 Å². The number of aryl methyl sites for hydroxylation is 2. The van der Waals surface area contributed by atoms with Gasteiger partial charge in [0.15, 0.2) is 0 Å². The highest BCUT2D eigenvalue weighted by Crippen LogP contribution is 2.26. The highest BCUT2D eigenvalue weighted by molar-refractivity contribution is 6.04. The molecule has 0 saturated carbocycles. The van der Waals surface area contributed by atoms with Gasteiger partial charge in [-0.25, -0.2) is 0 Å². The fourth-order valence-electron chi connectivity index (χ4n) is 4.03. The van der Waals surface area contributed by atoms with Crippen LogP contribution in [0.1, 0.15) is 77.9 Å². The first kappa shape index (κ1) is 27.1. The second-order valence-corrected chi connectivity index (χ2v) is 11.2. The molecule has 0 fully saturated rings. The zero-order valence-electron chi connectivity index (χ0n) is 22.4. The zero-order chi connectivity index (χ0) is 26.7. The van der Waals surface area contributed by atoms with E-state index in [1.54, 1.807) is 18.7 Å². The molecule has 2 aromatic carbocycles. The van der Waals surface area contributed by atoms with E-state index in [0.717, 1.165) is 11.1 Å². The van der Waals surface area contributed by atoms with Crippen molar-refractivity contribution in [3.8, 4) is 0 Å². The van der Waals surface area contributed by atoms with Gasteiger partial charge in [0.05, 0.1) is 5.69 Å². The van der Waals surface area contributed by atoms with Crippen LogP contribution in [0.2, 0.25) is 0 Å². The lowest BCUT2D eigenvalue weighted by Gasteiger charge is -2.32. The molecule has 3 N–H and O–H groups in total. The quantitative estimate of drug-likeness (QED) is 0.436. The number of rotatable bonds is 8. The number of hydrogen-bond acceptors (Lipinski definition) is 5. The summed E-state index contributed by atoms with van der Waals surface area (Å²) in [6.45, 7) is 15.1. The van der Waals surface area contributed by atoms with Crippen molar-refractivity contribution >= 4 is 17.5 Å². The number of carbonyl (C=O) groups is 2. The van der Waals surface area contributed by atoms with Crippen LogP contribution in [0.4, 0.5) is 5.69 Å². The molecule has 0 unspecified atom stereocenters. The summed E-state index contributed by atoms with van der Waals surface area (Å²) in [6, 6.07) is 15.2. The van der Waals surface area contributed by atoms with Crippen LogP contribution in [-0.2, 0) is 12.0 Å². The Hall–Kier alpha value is -3.45. The van der Waals surface area contributed by atoms with Gasteiger partial charge in [-0.2, -0.15) is 0 Å². The Morgan fingerprint density at radius 1 is 1.00 bits per heavy atom. The highest BCUT2D eigenvalue weighted by atomic mass is 16.5. The van der Waals surface area contributed by atoms with Gasteiger partial charge in [-0.3, -0.25) is 9.59 Å². The Kier molecular flexibility index (Phi) is 8.04. The molecule has 192 valence electrons. The van der Waals surface area contributed by atoms with Crippen LogP contribution in [0.25, 0.3) is 0 Å². The van der Waals surface area contributed by atoms with Gasteiger partial charge in [-0.15, -0.1) is 0 Å². The minimum absolute atomic E-state index is 0.0100. The number of anilines is 1. The maximum atomic E-state index is 13.6. The Bertz CT molecular complexity index is 1200. The summed E-state index contributed by atoms with van der Waals surface area (Å²) in [5.74, 6) is 0.105. The van der Waals surface area contributed by atoms with Gasteiger partial charge >= 0.3 is 0 Å². The Balaban J connectivity index is 1.88. The molecule has 0 atom stereocenters. The van der Waals surface area contributed by atoms with Crippen LogP contribution in [0, 0.1) is 19.3 Å². The lowest BCUT2D eigenvalue weighted by Crippen LogP contribution is -2.42. The van der Waals surface area contributed by atoms with Crippen molar-refractivity contribution in [3.63, 3.8) is 0 Å². The first-order valence-electron chi connectivity index (χ1n) is 12.2. The van der Waals surface area contributed by atoms with Gasteiger partial charge in [0.1, 0.15) is 11.3 Å². The fraction of sp³-hybridized carbons (Fsp3) is 0.414. The predicted molar refractivity (Wildman–Crippen MR) is 143 cm³/mol. The normalized spacial score (nSPS) is 11.9. The van der Waals surface area contributed by atoms with E-state index in [2.05, 4.69) is 31.2 Å². The lowest BCUT2D eigenvalue weighted by molar-refractivity contribution is 0.0671. The topological polar surface area (TPSA) is 101 Å². The summed E-state index contributed by atoms with van der Waals surface area (Å²) in [7, 11) is 0. The Morgan fingerprint density at radius 3 is 2.19 bits per heavy atom. The van der Waals surface area contributed by atoms with Crippen molar-refractivity contribution in [1.29, 1.82) is 0 Å². The lowest BCUT2D eigenvalue weighted by atomic mass is 9.86. The third kappa shape index (κ3) is 6.40. The molecule has 0 radical (unpaired) electrons. The van der Waals surface area contributed by atoms with Crippen molar-refractivity contribution in [2.75, 3.05) is 18.4 Å². The van der Waals surface area contributed by atoms with Gasteiger partial charge in [-0.05, 0) is 60.5 Å². The largest absolute Gasteiger partial charge is 0.361 e. The van der Waals surface area contributed by atoms with Crippen LogP contribution >= 0.6 is 0 Å². The minimum atomic E-state index is -0.304. The van der Waals surface area contributed by atoms with Crippen molar-refractivity contribution in [1.82, 2.24) is 10.1 Å². The van der Waals surface area contributed by atoms with Crippen molar-refractivity contribution in [3.05, 3.63) is 82.2 Å². The second kappa shape index (κ2) is 10.7. The number of benzene rings is 2. The average molecular weight is 491 g/mol. The molecule has 0 spiro atoms. The van der Waals surface area contributed by atoms with Crippen LogP contribution in [0.15, 0.2) is 53.1 Å². The van der Waals surface area contributed by atoms with Gasteiger partial charge in [0.25, 0.3) is 11.8 Å². The molecule has 0 aliphatic heterocycles. The predicted octanol–water partition coefficient (Wildman–Crippen LogP) is 5.47. The van der Waals surface area contributed by atoms with Crippen molar-refractivity contribution in [2.24, 2.45) is 11.1 Å². The number of carbonyl (C=O) groups excluding carboxylic acids is 2. The third-order valence-corrected chi connectivity index (χ3v) is 6.35. The van der Waals surface area contributed by atoms with E-state index in [4.69, 9.17) is 10.3 Å². The standard InChI is InChI=1S/C29H38N4O3/c1-19-25(20(2)36-32-19)27(35)33(18-29(6,7)17-30)16-22-10-8-9-11-24(22)31-26(34)21-12-14-23(15-13-21)28(3,4)5/h8-15H,16-18,30H2,1-7H3,(H,31,34). The van der Waals surface area contributed by atoms with Crippen molar-refractivity contribution < 1.29 is 14.1 Å². The smallest absolute Gasteiger partial charge is 0.259 e. The van der Waals surface area contributed by atoms with Crippen molar-refractivity contribution in [2.45, 2.75) is 60.4 Å². The molecule has 0 saturated heterocycles. The molecule has 0 bridgehead atoms. The first-order valence-corrected chi connectivity index (χ1v) is 12.2. The maximum Gasteiger partial charge on any atom is 0.259 e. The number of aromatic nitrogens is 1. The number of nitrogens with zero attached hydrogens (tertiary/aromatic N) is 2. The van der Waals surface area contributed by atoms with E-state index in [1.165, 1.54) is 0 Å². The molecular weight excluding hydrogens is 452 g/mol. The van der Waals surface area contributed by atoms with E-state index in [1.807, 2.05) is 62.4 Å². The summed E-state index contributed by atoms with van der Waals surface area (Å²) in [5, 5.41) is 6.98. The maximum absolute atomic E-state index is 13.6. The van der Waals surface area contributed by atoms with Gasteiger partial charge in [0.2, 0.25) is 0 Å². The number of hydrogen-bond donors (Lipinski definition) is 2.